The Labute approximate surface area is 241 Å². The molecule has 2 heterocycles. The Balaban J connectivity index is 1.42. The van der Waals surface area contributed by atoms with E-state index in [-0.39, 0.29) is 10.8 Å². The summed E-state index contributed by atoms with van der Waals surface area (Å²) in [6, 6.07) is 18.5. The molecule has 0 saturated heterocycles. The summed E-state index contributed by atoms with van der Waals surface area (Å²) in [5, 5.41) is 0.657. The normalized spacial score (nSPS) is 14.0. The number of thiazole rings is 1. The number of aryl methyl sites for hydroxylation is 2. The van der Waals surface area contributed by atoms with Gasteiger partial charge in [0.15, 0.2) is 5.13 Å². The van der Waals surface area contributed by atoms with Crippen molar-refractivity contribution in [2.75, 3.05) is 37.6 Å². The number of carbonyl (C=O) groups is 1. The Bertz CT molecular complexity index is 1630. The molecule has 7 nitrogen and oxygen atoms in total. The number of benzene rings is 3. The van der Waals surface area contributed by atoms with Crippen LogP contribution in [0.15, 0.2) is 65.6 Å². The highest BCUT2D eigenvalue weighted by molar-refractivity contribution is 7.89. The summed E-state index contributed by atoms with van der Waals surface area (Å²) in [6.07, 6.45) is 0.689. The average molecular weight is 577 g/mol. The van der Waals surface area contributed by atoms with E-state index in [2.05, 4.69) is 50.8 Å². The highest BCUT2D eigenvalue weighted by Gasteiger charge is 2.29. The van der Waals surface area contributed by atoms with E-state index in [1.807, 2.05) is 18.2 Å². The third-order valence-corrected chi connectivity index (χ3v) is 10.8. The van der Waals surface area contributed by atoms with Crippen molar-refractivity contribution >= 4 is 42.6 Å². The van der Waals surface area contributed by atoms with Gasteiger partial charge in [-0.2, -0.15) is 4.31 Å². The fraction of sp³-hybridized carbons (Fsp3) is 0.355. The van der Waals surface area contributed by atoms with Crippen LogP contribution in [-0.2, 0) is 23.0 Å². The molecule has 40 heavy (non-hydrogen) atoms. The number of hydrogen-bond acceptors (Lipinski definition) is 6. The van der Waals surface area contributed by atoms with E-state index >= 15 is 0 Å². The van der Waals surface area contributed by atoms with Crippen LogP contribution in [0, 0.1) is 13.8 Å². The van der Waals surface area contributed by atoms with E-state index in [1.165, 1.54) is 26.8 Å². The van der Waals surface area contributed by atoms with Gasteiger partial charge in [-0.15, -0.1) is 0 Å². The number of rotatable bonds is 9. The lowest BCUT2D eigenvalue weighted by Gasteiger charge is -2.28. The minimum absolute atomic E-state index is 0.184. The zero-order chi connectivity index (χ0) is 28.4. The van der Waals surface area contributed by atoms with Crippen molar-refractivity contribution in [1.82, 2.24) is 14.2 Å². The second kappa shape index (κ2) is 11.8. The maximum atomic E-state index is 13.9. The summed E-state index contributed by atoms with van der Waals surface area (Å²) < 4.78 is 29.5. The van der Waals surface area contributed by atoms with E-state index in [0.29, 0.717) is 36.8 Å². The molecule has 3 aromatic carbocycles. The molecule has 9 heteroatoms. The number of fused-ring (bicyclic) bond motifs is 2. The molecular weight excluding hydrogens is 541 g/mol. The van der Waals surface area contributed by atoms with Gasteiger partial charge in [0.05, 0.1) is 15.1 Å². The predicted molar refractivity (Wildman–Crippen MR) is 163 cm³/mol. The van der Waals surface area contributed by atoms with Crippen molar-refractivity contribution in [2.24, 2.45) is 0 Å². The summed E-state index contributed by atoms with van der Waals surface area (Å²) in [4.78, 5) is 23.0. The highest BCUT2D eigenvalue weighted by Crippen LogP contribution is 2.33. The number of likely N-dealkylation sites (N-methyl/N-ethyl adjacent to an activating group) is 1. The maximum Gasteiger partial charge on any atom is 0.260 e. The zero-order valence-electron chi connectivity index (χ0n) is 23.6. The molecule has 0 bridgehead atoms. The first-order valence-corrected chi connectivity index (χ1v) is 16.1. The van der Waals surface area contributed by atoms with Gasteiger partial charge in [-0.3, -0.25) is 9.69 Å². The Morgan fingerprint density at radius 3 is 2.35 bits per heavy atom. The molecule has 1 aromatic heterocycles. The molecule has 1 amide bonds. The fourth-order valence-corrected chi connectivity index (χ4v) is 7.61. The first kappa shape index (κ1) is 28.4. The van der Waals surface area contributed by atoms with E-state index in [9.17, 15) is 13.2 Å². The SMILES string of the molecule is CCN(CC)CCN(C(=O)c1ccc(S(=O)(=O)N2CCc3ccccc3C2)cc1)c1nc2c(C)c(C)ccc2s1. The van der Waals surface area contributed by atoms with Gasteiger partial charge in [0.25, 0.3) is 5.91 Å². The highest BCUT2D eigenvalue weighted by atomic mass is 32.2. The summed E-state index contributed by atoms with van der Waals surface area (Å²) in [6.45, 7) is 12.1. The van der Waals surface area contributed by atoms with Gasteiger partial charge in [0.1, 0.15) is 0 Å². The quantitative estimate of drug-likeness (QED) is 0.258. The number of nitrogens with zero attached hydrogens (tertiary/aromatic N) is 4. The summed E-state index contributed by atoms with van der Waals surface area (Å²) in [5.74, 6) is -0.184. The lowest BCUT2D eigenvalue weighted by molar-refractivity contribution is 0.0983. The molecule has 0 atom stereocenters. The lowest BCUT2D eigenvalue weighted by atomic mass is 10.0. The smallest absolute Gasteiger partial charge is 0.260 e. The second-order valence-corrected chi connectivity index (χ2v) is 13.2. The Morgan fingerprint density at radius 2 is 1.65 bits per heavy atom. The van der Waals surface area contributed by atoms with Crippen molar-refractivity contribution in [3.8, 4) is 0 Å². The van der Waals surface area contributed by atoms with Crippen molar-refractivity contribution in [1.29, 1.82) is 0 Å². The third kappa shape index (κ3) is 5.56. The summed E-state index contributed by atoms with van der Waals surface area (Å²) in [7, 11) is -3.68. The molecule has 1 aliphatic heterocycles. The van der Waals surface area contributed by atoms with Gasteiger partial charge in [-0.05, 0) is 85.9 Å². The monoisotopic (exact) mass is 576 g/mol. The van der Waals surface area contributed by atoms with Crippen LogP contribution >= 0.6 is 11.3 Å². The van der Waals surface area contributed by atoms with E-state index in [0.717, 1.165) is 41.0 Å². The molecule has 0 radical (unpaired) electrons. The second-order valence-electron chi connectivity index (χ2n) is 10.2. The molecule has 0 N–H and O–H groups in total. The van der Waals surface area contributed by atoms with Crippen LogP contribution in [0.25, 0.3) is 10.2 Å². The number of amides is 1. The molecule has 0 unspecified atom stereocenters. The predicted octanol–water partition coefficient (Wildman–Crippen LogP) is 5.65. The van der Waals surface area contributed by atoms with Crippen LogP contribution in [0.4, 0.5) is 5.13 Å². The third-order valence-electron chi connectivity index (χ3n) is 7.92. The molecule has 1 aliphatic rings. The standard InChI is InChI=1S/C31H36N4O3S2/c1-5-33(6-2)19-20-35(31-32-29-23(4)22(3)11-16-28(29)39-31)30(36)25-12-14-27(15-13-25)40(37,38)34-18-17-24-9-7-8-10-26(24)21-34/h7-16H,5-6,17-21H2,1-4H3. The van der Waals surface area contributed by atoms with Gasteiger partial charge in [-0.1, -0.05) is 55.5 Å². The summed E-state index contributed by atoms with van der Waals surface area (Å²) in [5.41, 5.74) is 5.87. The van der Waals surface area contributed by atoms with E-state index in [4.69, 9.17) is 4.98 Å². The first-order chi connectivity index (χ1) is 19.2. The lowest BCUT2D eigenvalue weighted by Crippen LogP contribution is -2.39. The number of carbonyl (C=O) groups excluding carboxylic acids is 1. The Hall–Kier alpha value is -3.11. The van der Waals surface area contributed by atoms with E-state index in [1.54, 1.807) is 29.2 Å². The minimum atomic E-state index is -3.68. The molecule has 0 saturated carbocycles. The molecule has 4 aromatic rings. The van der Waals surface area contributed by atoms with Crippen molar-refractivity contribution in [3.63, 3.8) is 0 Å². The topological polar surface area (TPSA) is 73.8 Å². The van der Waals surface area contributed by atoms with Crippen LogP contribution < -0.4 is 4.90 Å². The first-order valence-electron chi connectivity index (χ1n) is 13.8. The van der Waals surface area contributed by atoms with Crippen molar-refractivity contribution in [2.45, 2.75) is 45.6 Å². The van der Waals surface area contributed by atoms with Crippen LogP contribution in [-0.4, -0.2) is 61.2 Å². The average Bonchev–Trinajstić information content (AvgIpc) is 3.41. The number of sulfonamides is 1. The molecule has 0 spiro atoms. The van der Waals surface area contributed by atoms with Gasteiger partial charge in [0.2, 0.25) is 10.0 Å². The van der Waals surface area contributed by atoms with Crippen molar-refractivity contribution in [3.05, 3.63) is 88.5 Å². The summed E-state index contributed by atoms with van der Waals surface area (Å²) >= 11 is 1.51. The van der Waals surface area contributed by atoms with Gasteiger partial charge < -0.3 is 4.90 Å². The fourth-order valence-electron chi connectivity index (χ4n) is 5.14. The number of anilines is 1. The van der Waals surface area contributed by atoms with Gasteiger partial charge in [0, 0.05) is 31.7 Å². The largest absolute Gasteiger partial charge is 0.302 e. The molecule has 0 fully saturated rings. The van der Waals surface area contributed by atoms with Gasteiger partial charge >= 0.3 is 0 Å². The Kier molecular flexibility index (Phi) is 8.37. The minimum Gasteiger partial charge on any atom is -0.302 e. The molecular formula is C31H36N4O3S2. The number of aromatic nitrogens is 1. The molecule has 0 aliphatic carbocycles. The zero-order valence-corrected chi connectivity index (χ0v) is 25.2. The van der Waals surface area contributed by atoms with Crippen LogP contribution in [0.3, 0.4) is 0 Å². The Morgan fingerprint density at radius 1 is 0.950 bits per heavy atom. The van der Waals surface area contributed by atoms with Crippen LogP contribution in [0.2, 0.25) is 0 Å². The molecule has 210 valence electrons. The number of hydrogen-bond donors (Lipinski definition) is 0. The van der Waals surface area contributed by atoms with Crippen LogP contribution in [0.5, 0.6) is 0 Å². The van der Waals surface area contributed by atoms with Crippen LogP contribution in [0.1, 0.15) is 46.5 Å². The maximum absolute atomic E-state index is 13.9. The van der Waals surface area contributed by atoms with Gasteiger partial charge in [-0.25, -0.2) is 13.4 Å². The molecule has 5 rings (SSSR count). The van der Waals surface area contributed by atoms with E-state index < -0.39 is 10.0 Å². The van der Waals surface area contributed by atoms with Crippen molar-refractivity contribution < 1.29 is 13.2 Å².